The van der Waals surface area contributed by atoms with Crippen LogP contribution in [0, 0.1) is 5.92 Å². The van der Waals surface area contributed by atoms with Crippen LogP contribution >= 0.6 is 0 Å². The van der Waals surface area contributed by atoms with Gasteiger partial charge >= 0.3 is 0 Å². The molecule has 2 aliphatic rings. The molecule has 2 aliphatic carbocycles. The van der Waals surface area contributed by atoms with Crippen molar-refractivity contribution in [3.8, 4) is 0 Å². The first-order valence-corrected chi connectivity index (χ1v) is 7.95. The van der Waals surface area contributed by atoms with Crippen LogP contribution in [0.25, 0.3) is 0 Å². The smallest absolute Gasteiger partial charge is 0.157 e. The Morgan fingerprint density at radius 2 is 2.25 bits per heavy atom. The second kappa shape index (κ2) is 6.19. The van der Waals surface area contributed by atoms with Gasteiger partial charge < -0.3 is 10.1 Å². The summed E-state index contributed by atoms with van der Waals surface area (Å²) < 4.78 is 5.60. The van der Waals surface area contributed by atoms with E-state index in [0.717, 1.165) is 25.2 Å². The number of aryl methyl sites for hydroxylation is 1. The molecule has 1 N–H and O–H groups in total. The fourth-order valence-corrected chi connectivity index (χ4v) is 3.14. The van der Waals surface area contributed by atoms with Gasteiger partial charge in [0, 0.05) is 30.6 Å². The van der Waals surface area contributed by atoms with Crippen LogP contribution in [0.4, 0.5) is 0 Å². The lowest BCUT2D eigenvalue weighted by atomic mass is 9.92. The highest BCUT2D eigenvalue weighted by Gasteiger charge is 2.35. The van der Waals surface area contributed by atoms with Gasteiger partial charge in [-0.3, -0.25) is 0 Å². The summed E-state index contributed by atoms with van der Waals surface area (Å²) in [5.74, 6) is 1.53. The summed E-state index contributed by atoms with van der Waals surface area (Å²) in [5.41, 5.74) is 2.54. The number of hydrogen-bond donors (Lipinski definition) is 1. The average molecular weight is 275 g/mol. The maximum Gasteiger partial charge on any atom is 0.157 e. The van der Waals surface area contributed by atoms with Crippen LogP contribution in [-0.4, -0.2) is 23.6 Å². The molecule has 3 rings (SSSR count). The molecule has 20 heavy (non-hydrogen) atoms. The molecule has 110 valence electrons. The number of rotatable bonds is 6. The van der Waals surface area contributed by atoms with E-state index in [2.05, 4.69) is 17.2 Å². The summed E-state index contributed by atoms with van der Waals surface area (Å²) in [7, 11) is 1.78. The molecule has 4 nitrogen and oxygen atoms in total. The molecular formula is C16H25N3O. The van der Waals surface area contributed by atoms with E-state index in [-0.39, 0.29) is 6.10 Å². The first-order valence-electron chi connectivity index (χ1n) is 7.95. The van der Waals surface area contributed by atoms with E-state index < -0.39 is 0 Å². The van der Waals surface area contributed by atoms with Crippen LogP contribution in [0.2, 0.25) is 0 Å². The van der Waals surface area contributed by atoms with Crippen LogP contribution in [0.3, 0.4) is 0 Å². The predicted molar refractivity (Wildman–Crippen MR) is 78.5 cm³/mol. The maximum absolute atomic E-state index is 5.60. The minimum atomic E-state index is 0.101. The number of ether oxygens (including phenoxy) is 1. The van der Waals surface area contributed by atoms with Gasteiger partial charge in [0.2, 0.25) is 0 Å². The van der Waals surface area contributed by atoms with Crippen molar-refractivity contribution < 1.29 is 4.74 Å². The van der Waals surface area contributed by atoms with Crippen molar-refractivity contribution in [3.63, 3.8) is 0 Å². The van der Waals surface area contributed by atoms with Crippen LogP contribution in [-0.2, 0) is 11.2 Å². The summed E-state index contributed by atoms with van der Waals surface area (Å²) >= 11 is 0. The van der Waals surface area contributed by atoms with Gasteiger partial charge in [0.25, 0.3) is 0 Å². The number of nitrogens with one attached hydrogen (secondary N) is 1. The highest BCUT2D eigenvalue weighted by molar-refractivity contribution is 5.25. The molecule has 0 radical (unpaired) electrons. The molecule has 0 aliphatic heterocycles. The summed E-state index contributed by atoms with van der Waals surface area (Å²) in [6, 6.07) is 0.440. The fraction of sp³-hybridized carbons (Fsp3) is 0.750. The van der Waals surface area contributed by atoms with Crippen LogP contribution in [0.1, 0.15) is 68.3 Å². The SMILES string of the molecule is CCCNC1CCCc2nc(C(OC)C3CC3)ncc21. The van der Waals surface area contributed by atoms with Gasteiger partial charge in [0.1, 0.15) is 6.10 Å². The van der Waals surface area contributed by atoms with Crippen molar-refractivity contribution in [2.75, 3.05) is 13.7 Å². The van der Waals surface area contributed by atoms with Gasteiger partial charge in [0.15, 0.2) is 5.82 Å². The first kappa shape index (κ1) is 14.0. The zero-order valence-corrected chi connectivity index (χ0v) is 12.6. The number of hydrogen-bond acceptors (Lipinski definition) is 4. The lowest BCUT2D eigenvalue weighted by Gasteiger charge is -2.26. The Hall–Kier alpha value is -1.00. The third-order valence-electron chi connectivity index (χ3n) is 4.40. The Balaban J connectivity index is 1.80. The second-order valence-corrected chi connectivity index (χ2v) is 6.02. The standard InChI is InChI=1S/C16H25N3O/c1-3-9-17-13-5-4-6-14-12(13)10-18-16(19-14)15(20-2)11-7-8-11/h10-11,13,15,17H,3-9H2,1-2H3. The Morgan fingerprint density at radius 1 is 1.40 bits per heavy atom. The molecule has 0 saturated heterocycles. The highest BCUT2D eigenvalue weighted by Crippen LogP contribution is 2.42. The zero-order chi connectivity index (χ0) is 13.9. The molecular weight excluding hydrogens is 250 g/mol. The van der Waals surface area contributed by atoms with E-state index in [1.165, 1.54) is 36.9 Å². The molecule has 0 bridgehead atoms. The van der Waals surface area contributed by atoms with Gasteiger partial charge in [0.05, 0.1) is 0 Å². The molecule has 2 unspecified atom stereocenters. The lowest BCUT2D eigenvalue weighted by molar-refractivity contribution is 0.0768. The minimum Gasteiger partial charge on any atom is -0.373 e. The summed E-state index contributed by atoms with van der Waals surface area (Å²) in [6.45, 7) is 3.27. The van der Waals surface area contributed by atoms with Crippen molar-refractivity contribution in [1.82, 2.24) is 15.3 Å². The minimum absolute atomic E-state index is 0.101. The Bertz CT molecular complexity index is 459. The molecule has 1 aromatic heterocycles. The number of methoxy groups -OCH3 is 1. The molecule has 0 spiro atoms. The first-order chi connectivity index (χ1) is 9.83. The largest absolute Gasteiger partial charge is 0.373 e. The number of aromatic nitrogens is 2. The normalized spacial score (nSPS) is 23.4. The monoisotopic (exact) mass is 275 g/mol. The van der Waals surface area contributed by atoms with E-state index in [0.29, 0.717) is 12.0 Å². The zero-order valence-electron chi connectivity index (χ0n) is 12.6. The second-order valence-electron chi connectivity index (χ2n) is 6.02. The summed E-state index contributed by atoms with van der Waals surface area (Å²) in [4.78, 5) is 9.43. The molecule has 1 saturated carbocycles. The fourth-order valence-electron chi connectivity index (χ4n) is 3.14. The van der Waals surface area contributed by atoms with Gasteiger partial charge in [-0.1, -0.05) is 6.92 Å². The molecule has 1 fully saturated rings. The number of fused-ring (bicyclic) bond motifs is 1. The van der Waals surface area contributed by atoms with Crippen LogP contribution in [0.15, 0.2) is 6.20 Å². The third kappa shape index (κ3) is 2.86. The summed E-state index contributed by atoms with van der Waals surface area (Å²) in [5, 5.41) is 3.61. The molecule has 0 aromatic carbocycles. The Morgan fingerprint density at radius 3 is 2.95 bits per heavy atom. The van der Waals surface area contributed by atoms with Crippen molar-refractivity contribution in [1.29, 1.82) is 0 Å². The number of nitrogens with zero attached hydrogens (tertiary/aromatic N) is 2. The van der Waals surface area contributed by atoms with E-state index in [9.17, 15) is 0 Å². The van der Waals surface area contributed by atoms with Crippen molar-refractivity contribution >= 4 is 0 Å². The average Bonchev–Trinajstić information content (AvgIpc) is 3.30. The van der Waals surface area contributed by atoms with Gasteiger partial charge in [-0.05, 0) is 51.0 Å². The van der Waals surface area contributed by atoms with E-state index in [4.69, 9.17) is 9.72 Å². The van der Waals surface area contributed by atoms with Gasteiger partial charge in [-0.25, -0.2) is 9.97 Å². The highest BCUT2D eigenvalue weighted by atomic mass is 16.5. The molecule has 1 aromatic rings. The quantitative estimate of drug-likeness (QED) is 0.867. The van der Waals surface area contributed by atoms with Crippen LogP contribution in [0.5, 0.6) is 0 Å². The lowest BCUT2D eigenvalue weighted by Crippen LogP contribution is -2.27. The van der Waals surface area contributed by atoms with Crippen molar-refractivity contribution in [2.24, 2.45) is 5.92 Å². The Kier molecular flexibility index (Phi) is 4.32. The molecule has 0 amide bonds. The van der Waals surface area contributed by atoms with Crippen molar-refractivity contribution in [3.05, 3.63) is 23.3 Å². The Labute approximate surface area is 121 Å². The molecule has 4 heteroatoms. The van der Waals surface area contributed by atoms with E-state index >= 15 is 0 Å². The maximum atomic E-state index is 5.60. The summed E-state index contributed by atoms with van der Waals surface area (Å²) in [6.07, 6.45) is 9.30. The molecule has 1 heterocycles. The van der Waals surface area contributed by atoms with Crippen LogP contribution < -0.4 is 5.32 Å². The van der Waals surface area contributed by atoms with Gasteiger partial charge in [-0.15, -0.1) is 0 Å². The van der Waals surface area contributed by atoms with Crippen molar-refractivity contribution in [2.45, 2.75) is 57.6 Å². The topological polar surface area (TPSA) is 47.0 Å². The van der Waals surface area contributed by atoms with Gasteiger partial charge in [-0.2, -0.15) is 0 Å². The third-order valence-corrected chi connectivity index (χ3v) is 4.40. The van der Waals surface area contributed by atoms with E-state index in [1.807, 2.05) is 6.20 Å². The van der Waals surface area contributed by atoms with E-state index in [1.54, 1.807) is 7.11 Å². The molecule has 2 atom stereocenters. The predicted octanol–water partition coefficient (Wildman–Crippen LogP) is 2.95.